The molecule has 0 aliphatic carbocycles. The molecule has 0 fully saturated rings. The number of nitrogens with zero attached hydrogens (tertiary/aromatic N) is 1. The predicted octanol–water partition coefficient (Wildman–Crippen LogP) is 5.16. The van der Waals surface area contributed by atoms with E-state index in [1.54, 1.807) is 0 Å². The average molecular weight is 257 g/mol. The zero-order valence-corrected chi connectivity index (χ0v) is 11.6. The lowest BCUT2D eigenvalue weighted by molar-refractivity contribution is 1.43. The standard InChI is InChI=1S/C19H15N/c1-12-7-8-18-16(9-12)13(2)17-10-14-5-3-4-6-15(14)11-19(17)20-18/h3-11H,1-2H3. The smallest absolute Gasteiger partial charge is 0.0718 e. The zero-order valence-electron chi connectivity index (χ0n) is 11.6. The van der Waals surface area contributed by atoms with E-state index in [2.05, 4.69) is 68.4 Å². The summed E-state index contributed by atoms with van der Waals surface area (Å²) in [6.07, 6.45) is 0. The molecule has 3 aromatic carbocycles. The van der Waals surface area contributed by atoms with Crippen LogP contribution in [0, 0.1) is 13.8 Å². The van der Waals surface area contributed by atoms with Crippen LogP contribution in [-0.2, 0) is 0 Å². The largest absolute Gasteiger partial charge is 0.248 e. The number of aryl methyl sites for hydroxylation is 2. The van der Waals surface area contributed by atoms with E-state index in [0.717, 1.165) is 11.0 Å². The second-order valence-electron chi connectivity index (χ2n) is 5.47. The highest BCUT2D eigenvalue weighted by Gasteiger charge is 2.07. The Morgan fingerprint density at radius 2 is 1.40 bits per heavy atom. The molecule has 0 spiro atoms. The number of pyridine rings is 1. The molecule has 4 aromatic rings. The van der Waals surface area contributed by atoms with E-state index in [1.807, 2.05) is 0 Å². The SMILES string of the molecule is Cc1ccc2nc3cc4ccccc4cc3c(C)c2c1. The fourth-order valence-electron chi connectivity index (χ4n) is 2.94. The van der Waals surface area contributed by atoms with Crippen molar-refractivity contribution < 1.29 is 0 Å². The minimum absolute atomic E-state index is 1.08. The molecule has 1 nitrogen and oxygen atoms in total. The lowest BCUT2D eigenvalue weighted by Gasteiger charge is -2.09. The van der Waals surface area contributed by atoms with Crippen molar-refractivity contribution in [2.75, 3.05) is 0 Å². The third-order valence-electron chi connectivity index (χ3n) is 4.06. The molecule has 20 heavy (non-hydrogen) atoms. The van der Waals surface area contributed by atoms with E-state index in [9.17, 15) is 0 Å². The summed E-state index contributed by atoms with van der Waals surface area (Å²) in [6, 6.07) is 19.4. The lowest BCUT2D eigenvalue weighted by atomic mass is 9.99. The molecule has 96 valence electrons. The molecule has 0 N–H and O–H groups in total. The predicted molar refractivity (Wildman–Crippen MR) is 86.2 cm³/mol. The summed E-state index contributed by atoms with van der Waals surface area (Å²) in [5.41, 5.74) is 4.76. The van der Waals surface area contributed by atoms with Crippen molar-refractivity contribution in [3.8, 4) is 0 Å². The minimum Gasteiger partial charge on any atom is -0.248 e. The molecule has 0 amide bonds. The van der Waals surface area contributed by atoms with Gasteiger partial charge in [-0.05, 0) is 54.4 Å². The molecule has 0 aliphatic rings. The van der Waals surface area contributed by atoms with Crippen LogP contribution < -0.4 is 0 Å². The summed E-state index contributed by atoms with van der Waals surface area (Å²) >= 11 is 0. The highest BCUT2D eigenvalue weighted by atomic mass is 14.7. The van der Waals surface area contributed by atoms with Gasteiger partial charge in [0, 0.05) is 10.8 Å². The summed E-state index contributed by atoms with van der Waals surface area (Å²) < 4.78 is 0. The van der Waals surface area contributed by atoms with Crippen molar-refractivity contribution in [3.63, 3.8) is 0 Å². The van der Waals surface area contributed by atoms with E-state index >= 15 is 0 Å². The van der Waals surface area contributed by atoms with Gasteiger partial charge >= 0.3 is 0 Å². The summed E-state index contributed by atoms with van der Waals surface area (Å²) in [5, 5.41) is 5.03. The van der Waals surface area contributed by atoms with Crippen LogP contribution >= 0.6 is 0 Å². The Balaban J connectivity index is 2.23. The number of benzene rings is 3. The van der Waals surface area contributed by atoms with E-state index in [-0.39, 0.29) is 0 Å². The number of rotatable bonds is 0. The highest BCUT2D eigenvalue weighted by molar-refractivity contribution is 6.03. The number of hydrogen-bond acceptors (Lipinski definition) is 1. The molecule has 1 heterocycles. The number of fused-ring (bicyclic) bond motifs is 3. The Morgan fingerprint density at radius 1 is 0.700 bits per heavy atom. The van der Waals surface area contributed by atoms with Gasteiger partial charge < -0.3 is 0 Å². The molecule has 0 radical (unpaired) electrons. The fraction of sp³-hybridized carbons (Fsp3) is 0.105. The second kappa shape index (κ2) is 4.04. The van der Waals surface area contributed by atoms with Gasteiger partial charge in [-0.25, -0.2) is 4.98 Å². The van der Waals surface area contributed by atoms with Crippen molar-refractivity contribution in [1.29, 1.82) is 0 Å². The Kier molecular flexibility index (Phi) is 2.31. The van der Waals surface area contributed by atoms with Gasteiger partial charge in [0.05, 0.1) is 11.0 Å². The van der Waals surface area contributed by atoms with Gasteiger partial charge in [0.25, 0.3) is 0 Å². The van der Waals surface area contributed by atoms with Crippen LogP contribution in [0.3, 0.4) is 0 Å². The van der Waals surface area contributed by atoms with Crippen molar-refractivity contribution in [3.05, 3.63) is 65.7 Å². The third-order valence-corrected chi connectivity index (χ3v) is 4.06. The third kappa shape index (κ3) is 1.60. The summed E-state index contributed by atoms with van der Waals surface area (Å²) in [5.74, 6) is 0. The first-order valence-corrected chi connectivity index (χ1v) is 6.92. The van der Waals surface area contributed by atoms with Crippen LogP contribution in [0.4, 0.5) is 0 Å². The molecular weight excluding hydrogens is 242 g/mol. The molecule has 4 rings (SSSR count). The maximum atomic E-state index is 4.83. The van der Waals surface area contributed by atoms with Crippen LogP contribution in [0.15, 0.2) is 54.6 Å². The Hall–Kier alpha value is -2.41. The topological polar surface area (TPSA) is 12.9 Å². The maximum Gasteiger partial charge on any atom is 0.0718 e. The van der Waals surface area contributed by atoms with Crippen molar-refractivity contribution in [1.82, 2.24) is 4.98 Å². The van der Waals surface area contributed by atoms with Gasteiger partial charge in [-0.3, -0.25) is 0 Å². The summed E-state index contributed by atoms with van der Waals surface area (Å²) in [7, 11) is 0. The molecule has 0 atom stereocenters. The summed E-state index contributed by atoms with van der Waals surface area (Å²) in [4.78, 5) is 4.83. The van der Waals surface area contributed by atoms with Crippen LogP contribution in [0.25, 0.3) is 32.6 Å². The van der Waals surface area contributed by atoms with E-state index in [4.69, 9.17) is 4.98 Å². The first-order valence-electron chi connectivity index (χ1n) is 6.92. The molecule has 0 saturated heterocycles. The molecular formula is C19H15N. The van der Waals surface area contributed by atoms with Gasteiger partial charge in [-0.2, -0.15) is 0 Å². The summed E-state index contributed by atoms with van der Waals surface area (Å²) in [6.45, 7) is 4.32. The maximum absolute atomic E-state index is 4.83. The van der Waals surface area contributed by atoms with Crippen molar-refractivity contribution >= 4 is 32.6 Å². The quantitative estimate of drug-likeness (QED) is 0.397. The fourth-order valence-corrected chi connectivity index (χ4v) is 2.94. The van der Waals surface area contributed by atoms with Crippen LogP contribution in [0.5, 0.6) is 0 Å². The highest BCUT2D eigenvalue weighted by Crippen LogP contribution is 2.29. The zero-order chi connectivity index (χ0) is 13.7. The molecule has 1 heteroatoms. The second-order valence-corrected chi connectivity index (χ2v) is 5.47. The van der Waals surface area contributed by atoms with Crippen molar-refractivity contribution in [2.45, 2.75) is 13.8 Å². The van der Waals surface area contributed by atoms with Crippen LogP contribution in [0.2, 0.25) is 0 Å². The minimum atomic E-state index is 1.08. The first kappa shape index (κ1) is 11.4. The monoisotopic (exact) mass is 257 g/mol. The average Bonchev–Trinajstić information content (AvgIpc) is 2.47. The van der Waals surface area contributed by atoms with Gasteiger partial charge in [0.1, 0.15) is 0 Å². The first-order chi connectivity index (χ1) is 9.72. The van der Waals surface area contributed by atoms with Crippen LogP contribution in [-0.4, -0.2) is 4.98 Å². The Labute approximate surface area is 117 Å². The van der Waals surface area contributed by atoms with E-state index in [1.165, 1.54) is 32.7 Å². The lowest BCUT2D eigenvalue weighted by Crippen LogP contribution is -1.89. The molecule has 0 unspecified atom stereocenters. The van der Waals surface area contributed by atoms with Crippen molar-refractivity contribution in [2.24, 2.45) is 0 Å². The van der Waals surface area contributed by atoms with E-state index < -0.39 is 0 Å². The van der Waals surface area contributed by atoms with Gasteiger partial charge in [0.2, 0.25) is 0 Å². The van der Waals surface area contributed by atoms with Crippen LogP contribution in [0.1, 0.15) is 11.1 Å². The number of hydrogen-bond donors (Lipinski definition) is 0. The molecule has 0 saturated carbocycles. The molecule has 1 aromatic heterocycles. The Bertz CT molecular complexity index is 967. The normalized spacial score (nSPS) is 11.5. The number of aromatic nitrogens is 1. The molecule has 0 aliphatic heterocycles. The molecule has 0 bridgehead atoms. The van der Waals surface area contributed by atoms with Gasteiger partial charge in [-0.1, -0.05) is 35.9 Å². The Morgan fingerprint density at radius 3 is 2.20 bits per heavy atom. The van der Waals surface area contributed by atoms with E-state index in [0.29, 0.717) is 0 Å². The van der Waals surface area contributed by atoms with Gasteiger partial charge in [0.15, 0.2) is 0 Å². The van der Waals surface area contributed by atoms with Gasteiger partial charge in [-0.15, -0.1) is 0 Å².